The Kier molecular flexibility index (Phi) is 4.62. The molecule has 27 heavy (non-hydrogen) atoms. The maximum Gasteiger partial charge on any atom is 0.389 e. The van der Waals surface area contributed by atoms with Crippen LogP contribution in [0, 0.1) is 6.92 Å². The predicted molar refractivity (Wildman–Crippen MR) is 92.4 cm³/mol. The molecular weight excluding hydrogens is 387 g/mol. The van der Waals surface area contributed by atoms with Crippen LogP contribution in [0.4, 0.5) is 19.0 Å². The van der Waals surface area contributed by atoms with Crippen molar-refractivity contribution in [3.8, 4) is 5.88 Å². The number of anilines is 1. The van der Waals surface area contributed by atoms with Gasteiger partial charge in [-0.3, -0.25) is 9.12 Å². The fourth-order valence-corrected chi connectivity index (χ4v) is 3.22. The average Bonchev–Trinajstić information content (AvgIpc) is 2.88. The largest absolute Gasteiger partial charge is 0.481 e. The van der Waals surface area contributed by atoms with Crippen LogP contribution < -0.4 is 9.46 Å². The van der Waals surface area contributed by atoms with Crippen LogP contribution in [0.25, 0.3) is 16.7 Å². The van der Waals surface area contributed by atoms with Crippen LogP contribution in [0.1, 0.15) is 17.9 Å². The minimum absolute atomic E-state index is 0.0276. The molecule has 3 heterocycles. The summed E-state index contributed by atoms with van der Waals surface area (Å²) in [6, 6.07) is 3.06. The van der Waals surface area contributed by atoms with Gasteiger partial charge in [-0.2, -0.15) is 18.2 Å². The van der Waals surface area contributed by atoms with Gasteiger partial charge in [-0.1, -0.05) is 0 Å². The normalized spacial score (nSPS) is 12.7. The molecule has 12 heteroatoms. The average molecular weight is 403 g/mol. The molecule has 0 aliphatic rings. The molecule has 0 atom stereocenters. The maximum absolute atomic E-state index is 12.7. The molecule has 0 aromatic carbocycles. The predicted octanol–water partition coefficient (Wildman–Crippen LogP) is 2.46. The number of pyridine rings is 1. The van der Waals surface area contributed by atoms with Crippen molar-refractivity contribution < 1.29 is 26.3 Å². The number of nitrogens with zero attached hydrogens (tertiary/aromatic N) is 4. The lowest BCUT2D eigenvalue weighted by Gasteiger charge is -2.11. The summed E-state index contributed by atoms with van der Waals surface area (Å²) >= 11 is 0. The number of fused-ring (bicyclic) bond motifs is 3. The van der Waals surface area contributed by atoms with Gasteiger partial charge in [-0.05, 0) is 13.0 Å². The van der Waals surface area contributed by atoms with Gasteiger partial charge in [-0.25, -0.2) is 18.4 Å². The first kappa shape index (κ1) is 19.1. The Labute approximate surface area is 152 Å². The summed E-state index contributed by atoms with van der Waals surface area (Å²) in [5.41, 5.74) is 1.07. The minimum atomic E-state index is -4.36. The number of halogens is 3. The van der Waals surface area contributed by atoms with E-state index >= 15 is 0 Å². The molecule has 0 bridgehead atoms. The fourth-order valence-electron chi connectivity index (χ4n) is 2.72. The summed E-state index contributed by atoms with van der Waals surface area (Å²) < 4.78 is 70.3. The lowest BCUT2D eigenvalue weighted by molar-refractivity contribution is -0.134. The molecule has 3 aromatic rings. The number of alkyl halides is 3. The molecule has 0 radical (unpaired) electrons. The summed E-state index contributed by atoms with van der Waals surface area (Å²) in [6.45, 7) is 1.56. The van der Waals surface area contributed by atoms with Crippen molar-refractivity contribution in [3.05, 3.63) is 23.7 Å². The van der Waals surface area contributed by atoms with Crippen LogP contribution in [0.2, 0.25) is 0 Å². The number of ether oxygens (including phenoxy) is 1. The summed E-state index contributed by atoms with van der Waals surface area (Å²) in [7, 11) is -2.27. The number of aromatic nitrogens is 4. The van der Waals surface area contributed by atoms with Gasteiger partial charge in [0.1, 0.15) is 16.9 Å². The third kappa shape index (κ3) is 4.04. The van der Waals surface area contributed by atoms with E-state index in [1.54, 1.807) is 6.92 Å². The van der Waals surface area contributed by atoms with Gasteiger partial charge >= 0.3 is 6.18 Å². The number of sulfonamides is 1. The van der Waals surface area contributed by atoms with Crippen molar-refractivity contribution >= 4 is 32.5 Å². The SMILES string of the molecule is COc1ccc2nc(NS(C)(=O)=O)c3c(C)nc(CCC(F)(F)F)n3c2n1. The fraction of sp³-hybridized carbons (Fsp3) is 0.400. The first-order valence-corrected chi connectivity index (χ1v) is 9.65. The summed E-state index contributed by atoms with van der Waals surface area (Å²) in [4.78, 5) is 12.7. The molecule has 0 aliphatic carbocycles. The lowest BCUT2D eigenvalue weighted by Crippen LogP contribution is -2.14. The number of nitrogens with one attached hydrogen (secondary N) is 1. The molecule has 146 valence electrons. The quantitative estimate of drug-likeness (QED) is 0.703. The van der Waals surface area contributed by atoms with E-state index < -0.39 is 29.0 Å². The van der Waals surface area contributed by atoms with Crippen molar-refractivity contribution in [2.24, 2.45) is 0 Å². The summed E-state index contributed by atoms with van der Waals surface area (Å²) in [5, 5.41) is 0. The van der Waals surface area contributed by atoms with E-state index in [1.807, 2.05) is 0 Å². The first-order valence-electron chi connectivity index (χ1n) is 7.76. The topological polar surface area (TPSA) is 98.5 Å². The number of hydrogen-bond acceptors (Lipinski definition) is 6. The molecular formula is C15H16F3N5O3S. The van der Waals surface area contributed by atoms with E-state index in [2.05, 4.69) is 19.7 Å². The molecule has 8 nitrogen and oxygen atoms in total. The minimum Gasteiger partial charge on any atom is -0.481 e. The van der Waals surface area contributed by atoms with Gasteiger partial charge in [-0.15, -0.1) is 0 Å². The maximum atomic E-state index is 12.7. The van der Waals surface area contributed by atoms with Crippen molar-refractivity contribution in [1.29, 1.82) is 0 Å². The smallest absolute Gasteiger partial charge is 0.389 e. The molecule has 0 spiro atoms. The van der Waals surface area contributed by atoms with E-state index in [0.29, 0.717) is 5.69 Å². The summed E-state index contributed by atoms with van der Waals surface area (Å²) in [5.74, 6) is 0.312. The highest BCUT2D eigenvalue weighted by molar-refractivity contribution is 7.92. The van der Waals surface area contributed by atoms with E-state index in [-0.39, 0.29) is 34.2 Å². The number of hydrogen-bond donors (Lipinski definition) is 1. The van der Waals surface area contributed by atoms with Crippen LogP contribution in [-0.2, 0) is 16.4 Å². The molecule has 0 amide bonds. The third-order valence-electron chi connectivity index (χ3n) is 3.74. The Hall–Kier alpha value is -2.63. The van der Waals surface area contributed by atoms with Gasteiger partial charge in [0.05, 0.1) is 25.5 Å². The zero-order valence-electron chi connectivity index (χ0n) is 14.6. The van der Waals surface area contributed by atoms with E-state index in [9.17, 15) is 21.6 Å². The molecule has 3 aromatic heterocycles. The second kappa shape index (κ2) is 6.51. The van der Waals surface area contributed by atoms with Gasteiger partial charge < -0.3 is 4.74 Å². The Morgan fingerprint density at radius 2 is 1.93 bits per heavy atom. The van der Waals surface area contributed by atoms with Gasteiger partial charge in [0.15, 0.2) is 11.5 Å². The molecule has 0 saturated heterocycles. The number of rotatable bonds is 5. The van der Waals surface area contributed by atoms with Crippen molar-refractivity contribution in [1.82, 2.24) is 19.4 Å². The second-order valence-electron chi connectivity index (χ2n) is 5.94. The van der Waals surface area contributed by atoms with Gasteiger partial charge in [0.25, 0.3) is 0 Å². The monoisotopic (exact) mass is 403 g/mol. The van der Waals surface area contributed by atoms with Gasteiger partial charge in [0.2, 0.25) is 15.9 Å². The Morgan fingerprint density at radius 3 is 2.52 bits per heavy atom. The zero-order chi connectivity index (χ0) is 20.0. The van der Waals surface area contributed by atoms with Crippen molar-refractivity contribution in [3.63, 3.8) is 0 Å². The van der Waals surface area contributed by atoms with E-state index in [0.717, 1.165) is 6.26 Å². The molecule has 1 N–H and O–H groups in total. The zero-order valence-corrected chi connectivity index (χ0v) is 15.4. The molecule has 0 saturated carbocycles. The van der Waals surface area contributed by atoms with E-state index in [1.165, 1.54) is 23.6 Å². The molecule has 0 fully saturated rings. The van der Waals surface area contributed by atoms with Crippen molar-refractivity contribution in [2.75, 3.05) is 18.1 Å². The number of imidazole rings is 1. The highest BCUT2D eigenvalue weighted by Crippen LogP contribution is 2.29. The van der Waals surface area contributed by atoms with Gasteiger partial charge in [0, 0.05) is 12.5 Å². The summed E-state index contributed by atoms with van der Waals surface area (Å²) in [6.07, 6.45) is -4.87. The molecule has 0 aliphatic heterocycles. The molecule has 0 unspecified atom stereocenters. The van der Waals surface area contributed by atoms with Crippen LogP contribution in [-0.4, -0.2) is 47.3 Å². The first-order chi connectivity index (χ1) is 12.5. The van der Waals surface area contributed by atoms with E-state index in [4.69, 9.17) is 4.74 Å². The van der Waals surface area contributed by atoms with Crippen LogP contribution in [0.5, 0.6) is 5.88 Å². The second-order valence-corrected chi connectivity index (χ2v) is 7.69. The highest BCUT2D eigenvalue weighted by atomic mass is 32.2. The van der Waals surface area contributed by atoms with Crippen molar-refractivity contribution in [2.45, 2.75) is 25.9 Å². The lowest BCUT2D eigenvalue weighted by atomic mass is 10.3. The van der Waals surface area contributed by atoms with Crippen LogP contribution >= 0.6 is 0 Å². The highest BCUT2D eigenvalue weighted by Gasteiger charge is 2.28. The Bertz CT molecular complexity index is 1130. The molecule has 3 rings (SSSR count). The number of methoxy groups -OCH3 is 1. The van der Waals surface area contributed by atoms with Crippen LogP contribution in [0.3, 0.4) is 0 Å². The Morgan fingerprint density at radius 1 is 1.22 bits per heavy atom. The van der Waals surface area contributed by atoms with Crippen LogP contribution in [0.15, 0.2) is 12.1 Å². The third-order valence-corrected chi connectivity index (χ3v) is 4.31. The number of aryl methyl sites for hydroxylation is 2. The Balaban J connectivity index is 2.33. The standard InChI is InChI=1S/C15H16F3N5O3S/c1-8-12-13(22-27(3,24)25)20-9-4-5-11(26-2)21-14(9)23(12)10(19-8)6-7-15(16,17)18/h4-5H,6-7H2,1-3H3,(H,20,22).